The van der Waals surface area contributed by atoms with Crippen LogP contribution in [0.3, 0.4) is 0 Å². The lowest BCUT2D eigenvalue weighted by Crippen LogP contribution is -2.20. The van der Waals surface area contributed by atoms with Crippen LogP contribution in [-0.2, 0) is 9.47 Å². The van der Waals surface area contributed by atoms with Crippen molar-refractivity contribution in [3.05, 3.63) is 22.1 Å². The van der Waals surface area contributed by atoms with Gasteiger partial charge in [0, 0.05) is 18.9 Å². The maximum Gasteiger partial charge on any atom is 0.261 e. The topological polar surface area (TPSA) is 80.0 Å². The SMILES string of the molecule is CCOC(CSc1nc2[nH]c(C)cc2c(=O)[nH]1)OCC. The van der Waals surface area contributed by atoms with E-state index in [1.54, 1.807) is 6.07 Å². The second kappa shape index (κ2) is 6.92. The van der Waals surface area contributed by atoms with Crippen LogP contribution in [0.2, 0.25) is 0 Å². The van der Waals surface area contributed by atoms with Crippen LogP contribution in [0, 0.1) is 6.92 Å². The van der Waals surface area contributed by atoms with Gasteiger partial charge in [0.05, 0.1) is 11.1 Å². The number of nitrogens with zero attached hydrogens (tertiary/aromatic N) is 1. The molecular weight excluding hydrogens is 278 g/mol. The summed E-state index contributed by atoms with van der Waals surface area (Å²) in [5.41, 5.74) is 1.39. The van der Waals surface area contributed by atoms with Crippen LogP contribution in [0.5, 0.6) is 0 Å². The first-order valence-electron chi connectivity index (χ1n) is 6.59. The predicted molar refractivity (Wildman–Crippen MR) is 79.2 cm³/mol. The lowest BCUT2D eigenvalue weighted by atomic mass is 10.4. The van der Waals surface area contributed by atoms with Crippen molar-refractivity contribution in [1.29, 1.82) is 0 Å². The minimum Gasteiger partial charge on any atom is -0.352 e. The van der Waals surface area contributed by atoms with Crippen LogP contribution >= 0.6 is 11.8 Å². The quantitative estimate of drug-likeness (QED) is 0.464. The molecule has 0 fully saturated rings. The maximum absolute atomic E-state index is 11.9. The molecule has 0 bridgehead atoms. The van der Waals surface area contributed by atoms with Gasteiger partial charge in [-0.15, -0.1) is 0 Å². The third-order valence-electron chi connectivity index (χ3n) is 2.67. The number of nitrogens with one attached hydrogen (secondary N) is 2. The van der Waals surface area contributed by atoms with E-state index in [0.717, 1.165) is 5.69 Å². The van der Waals surface area contributed by atoms with E-state index in [0.29, 0.717) is 35.2 Å². The Labute approximate surface area is 121 Å². The summed E-state index contributed by atoms with van der Waals surface area (Å²) in [4.78, 5) is 22.1. The van der Waals surface area contributed by atoms with Crippen molar-refractivity contribution in [2.45, 2.75) is 32.2 Å². The molecule has 0 saturated heterocycles. The summed E-state index contributed by atoms with van der Waals surface area (Å²) in [5.74, 6) is 0.579. The van der Waals surface area contributed by atoms with Gasteiger partial charge >= 0.3 is 0 Å². The maximum atomic E-state index is 11.9. The third kappa shape index (κ3) is 3.62. The van der Waals surface area contributed by atoms with Crippen molar-refractivity contribution in [1.82, 2.24) is 15.0 Å². The molecule has 0 aliphatic heterocycles. The number of aromatic amines is 2. The van der Waals surface area contributed by atoms with Crippen LogP contribution in [0.4, 0.5) is 0 Å². The van der Waals surface area contributed by atoms with Crippen molar-refractivity contribution < 1.29 is 9.47 Å². The molecule has 0 aromatic carbocycles. The number of aromatic nitrogens is 3. The Morgan fingerprint density at radius 3 is 2.65 bits per heavy atom. The minimum absolute atomic E-state index is 0.133. The molecule has 7 heteroatoms. The second-order valence-corrected chi connectivity index (χ2v) is 5.25. The average molecular weight is 297 g/mol. The van der Waals surface area contributed by atoms with E-state index in [2.05, 4.69) is 15.0 Å². The first-order chi connectivity index (χ1) is 9.63. The number of fused-ring (bicyclic) bond motifs is 1. The summed E-state index contributed by atoms with van der Waals surface area (Å²) < 4.78 is 10.9. The summed E-state index contributed by atoms with van der Waals surface area (Å²) in [7, 11) is 0. The smallest absolute Gasteiger partial charge is 0.261 e. The fourth-order valence-corrected chi connectivity index (χ4v) is 2.67. The fourth-order valence-electron chi connectivity index (χ4n) is 1.86. The lowest BCUT2D eigenvalue weighted by molar-refractivity contribution is -0.120. The van der Waals surface area contributed by atoms with E-state index < -0.39 is 0 Å². The molecule has 0 saturated carbocycles. The molecule has 110 valence electrons. The zero-order valence-electron chi connectivity index (χ0n) is 11.9. The normalized spacial score (nSPS) is 11.6. The van der Waals surface area contributed by atoms with Crippen molar-refractivity contribution in [3.8, 4) is 0 Å². The van der Waals surface area contributed by atoms with Crippen molar-refractivity contribution in [2.24, 2.45) is 0 Å². The molecule has 0 aliphatic rings. The van der Waals surface area contributed by atoms with Gasteiger partial charge in [0.25, 0.3) is 5.56 Å². The highest BCUT2D eigenvalue weighted by atomic mass is 32.2. The number of hydrogen-bond donors (Lipinski definition) is 2. The molecule has 2 heterocycles. The average Bonchev–Trinajstić information content (AvgIpc) is 2.78. The summed E-state index contributed by atoms with van der Waals surface area (Å²) in [5, 5.41) is 1.15. The van der Waals surface area contributed by atoms with Crippen molar-refractivity contribution >= 4 is 22.8 Å². The Hall–Kier alpha value is -1.31. The highest BCUT2D eigenvalue weighted by Crippen LogP contribution is 2.17. The third-order valence-corrected chi connectivity index (χ3v) is 3.58. The number of aryl methyl sites for hydroxylation is 1. The van der Waals surface area contributed by atoms with E-state index in [1.807, 2.05) is 20.8 Å². The van der Waals surface area contributed by atoms with E-state index in [1.165, 1.54) is 11.8 Å². The van der Waals surface area contributed by atoms with Gasteiger partial charge in [-0.1, -0.05) is 11.8 Å². The van der Waals surface area contributed by atoms with Gasteiger partial charge in [-0.2, -0.15) is 0 Å². The van der Waals surface area contributed by atoms with Crippen LogP contribution < -0.4 is 5.56 Å². The molecule has 2 N–H and O–H groups in total. The summed E-state index contributed by atoms with van der Waals surface area (Å²) in [6.45, 7) is 6.91. The molecular formula is C13H19N3O3S. The lowest BCUT2D eigenvalue weighted by Gasteiger charge is -2.15. The Morgan fingerprint density at radius 1 is 1.30 bits per heavy atom. The van der Waals surface area contributed by atoms with Crippen LogP contribution in [0.15, 0.2) is 16.0 Å². The van der Waals surface area contributed by atoms with Crippen LogP contribution in [0.1, 0.15) is 19.5 Å². The number of thioether (sulfide) groups is 1. The Balaban J connectivity index is 2.11. The van der Waals surface area contributed by atoms with Gasteiger partial charge in [-0.3, -0.25) is 4.79 Å². The van der Waals surface area contributed by atoms with E-state index in [4.69, 9.17) is 9.47 Å². The molecule has 2 rings (SSSR count). The van der Waals surface area contributed by atoms with Gasteiger partial charge in [0.1, 0.15) is 5.65 Å². The molecule has 2 aromatic heterocycles. The molecule has 0 unspecified atom stereocenters. The molecule has 20 heavy (non-hydrogen) atoms. The summed E-state index contributed by atoms with van der Waals surface area (Å²) in [6, 6.07) is 1.79. The van der Waals surface area contributed by atoms with E-state index >= 15 is 0 Å². The van der Waals surface area contributed by atoms with Gasteiger partial charge in [0.2, 0.25) is 0 Å². The molecule has 0 spiro atoms. The molecule has 2 aromatic rings. The molecule has 0 amide bonds. The number of ether oxygens (including phenoxy) is 2. The molecule has 0 atom stereocenters. The number of H-pyrrole nitrogens is 2. The predicted octanol–water partition coefficient (Wildman–Crippen LogP) is 2.05. The number of rotatable bonds is 7. The number of hydrogen-bond acceptors (Lipinski definition) is 5. The standard InChI is InChI=1S/C13H19N3O3S/c1-4-18-10(19-5-2)7-20-13-15-11-9(12(17)16-13)6-8(3)14-11/h6,10H,4-5,7H2,1-3H3,(H2,14,15,16,17). The molecule has 0 radical (unpaired) electrons. The largest absolute Gasteiger partial charge is 0.352 e. The van der Waals surface area contributed by atoms with Crippen LogP contribution in [-0.4, -0.2) is 40.2 Å². The monoisotopic (exact) mass is 297 g/mol. The molecule has 0 aliphatic carbocycles. The Kier molecular flexibility index (Phi) is 5.22. The first-order valence-corrected chi connectivity index (χ1v) is 7.58. The van der Waals surface area contributed by atoms with Gasteiger partial charge in [-0.05, 0) is 26.8 Å². The minimum atomic E-state index is -0.290. The van der Waals surface area contributed by atoms with Gasteiger partial charge in [0.15, 0.2) is 11.4 Å². The zero-order chi connectivity index (χ0) is 14.5. The summed E-state index contributed by atoms with van der Waals surface area (Å²) in [6.07, 6.45) is -0.290. The Morgan fingerprint density at radius 2 is 2.00 bits per heavy atom. The first kappa shape index (κ1) is 15.1. The van der Waals surface area contributed by atoms with E-state index in [-0.39, 0.29) is 11.8 Å². The highest BCUT2D eigenvalue weighted by molar-refractivity contribution is 7.99. The van der Waals surface area contributed by atoms with Crippen molar-refractivity contribution in [2.75, 3.05) is 19.0 Å². The summed E-state index contributed by atoms with van der Waals surface area (Å²) >= 11 is 1.41. The Bertz CT molecular complexity index is 617. The zero-order valence-corrected chi connectivity index (χ0v) is 12.7. The highest BCUT2D eigenvalue weighted by Gasteiger charge is 2.11. The van der Waals surface area contributed by atoms with Crippen LogP contribution in [0.25, 0.3) is 11.0 Å². The van der Waals surface area contributed by atoms with E-state index in [9.17, 15) is 4.79 Å². The fraction of sp³-hybridized carbons (Fsp3) is 0.538. The molecule has 6 nitrogen and oxygen atoms in total. The second-order valence-electron chi connectivity index (χ2n) is 4.24. The van der Waals surface area contributed by atoms with Gasteiger partial charge < -0.3 is 19.4 Å². The van der Waals surface area contributed by atoms with Crippen molar-refractivity contribution in [3.63, 3.8) is 0 Å². The van der Waals surface area contributed by atoms with Gasteiger partial charge in [-0.25, -0.2) is 4.98 Å².